The van der Waals surface area contributed by atoms with Crippen molar-refractivity contribution in [2.24, 2.45) is 0 Å². The number of amides is 1. The Labute approximate surface area is 125 Å². The molecule has 3 nitrogen and oxygen atoms in total. The van der Waals surface area contributed by atoms with Crippen LogP contribution in [0.25, 0.3) is 0 Å². The van der Waals surface area contributed by atoms with Crippen molar-refractivity contribution in [2.45, 2.75) is 37.5 Å². The van der Waals surface area contributed by atoms with Crippen molar-refractivity contribution in [1.82, 2.24) is 4.90 Å². The van der Waals surface area contributed by atoms with Crippen molar-refractivity contribution in [2.75, 3.05) is 13.1 Å². The van der Waals surface area contributed by atoms with Crippen LogP contribution in [0.15, 0.2) is 24.3 Å². The molecule has 122 valence electrons. The van der Waals surface area contributed by atoms with Crippen LogP contribution in [0.4, 0.5) is 17.6 Å². The molecule has 1 heterocycles. The summed E-state index contributed by atoms with van der Waals surface area (Å²) < 4.78 is 51.0. The van der Waals surface area contributed by atoms with E-state index in [0.29, 0.717) is 12.0 Å². The van der Waals surface area contributed by atoms with Crippen molar-refractivity contribution in [3.05, 3.63) is 35.6 Å². The third-order valence-electron chi connectivity index (χ3n) is 3.99. The molecule has 0 spiro atoms. The van der Waals surface area contributed by atoms with Gasteiger partial charge in [-0.1, -0.05) is 12.1 Å². The summed E-state index contributed by atoms with van der Waals surface area (Å²) in [4.78, 5) is 13.3. The molecule has 2 rings (SSSR count). The van der Waals surface area contributed by atoms with Gasteiger partial charge in [0.1, 0.15) is 5.82 Å². The molecule has 1 amide bonds. The molecule has 0 atom stereocenters. The average molecular weight is 319 g/mol. The molecule has 22 heavy (non-hydrogen) atoms. The van der Waals surface area contributed by atoms with Crippen LogP contribution in [0, 0.1) is 5.82 Å². The van der Waals surface area contributed by atoms with E-state index in [9.17, 15) is 27.5 Å². The van der Waals surface area contributed by atoms with E-state index in [2.05, 4.69) is 0 Å². The SMILES string of the molecule is O=C(CCc1cccc(F)c1)N1CCC(O)(C(F)(F)F)CC1. The summed E-state index contributed by atoms with van der Waals surface area (Å²) in [6.07, 6.45) is -5.27. The summed E-state index contributed by atoms with van der Waals surface area (Å²) in [5.41, 5.74) is -2.04. The van der Waals surface area contributed by atoms with Crippen LogP contribution >= 0.6 is 0 Å². The molecule has 1 saturated heterocycles. The minimum Gasteiger partial charge on any atom is -0.380 e. The largest absolute Gasteiger partial charge is 0.417 e. The number of hydrogen-bond donors (Lipinski definition) is 1. The first kappa shape index (κ1) is 16.7. The Hall–Kier alpha value is -1.63. The Morgan fingerprint density at radius 1 is 1.27 bits per heavy atom. The van der Waals surface area contributed by atoms with E-state index in [1.54, 1.807) is 12.1 Å². The number of alkyl halides is 3. The molecule has 7 heteroatoms. The number of nitrogens with zero attached hydrogens (tertiary/aromatic N) is 1. The second-order valence-electron chi connectivity index (χ2n) is 5.54. The molecule has 0 radical (unpaired) electrons. The van der Waals surface area contributed by atoms with Crippen LogP contribution in [-0.4, -0.2) is 40.8 Å². The molecular formula is C15H17F4NO2. The van der Waals surface area contributed by atoms with E-state index in [0.717, 1.165) is 0 Å². The van der Waals surface area contributed by atoms with Crippen molar-refractivity contribution in [3.8, 4) is 0 Å². The molecule has 0 aliphatic carbocycles. The number of halogens is 4. The van der Waals surface area contributed by atoms with E-state index < -0.39 is 30.4 Å². The Morgan fingerprint density at radius 3 is 2.45 bits per heavy atom. The zero-order chi connectivity index (χ0) is 16.4. The highest BCUT2D eigenvalue weighted by atomic mass is 19.4. The van der Waals surface area contributed by atoms with E-state index in [1.165, 1.54) is 17.0 Å². The van der Waals surface area contributed by atoms with Gasteiger partial charge in [0.2, 0.25) is 5.91 Å². The predicted molar refractivity (Wildman–Crippen MR) is 71.5 cm³/mol. The molecule has 0 bridgehead atoms. The lowest BCUT2D eigenvalue weighted by atomic mass is 9.90. The lowest BCUT2D eigenvalue weighted by molar-refractivity contribution is -0.272. The summed E-state index contributed by atoms with van der Waals surface area (Å²) in [6.45, 7) is -0.254. The minimum absolute atomic E-state index is 0.105. The maximum atomic E-state index is 13.0. The summed E-state index contributed by atoms with van der Waals surface area (Å²) in [6, 6.07) is 5.86. The second kappa shape index (κ2) is 6.24. The Bertz CT molecular complexity index is 537. The van der Waals surface area contributed by atoms with Gasteiger partial charge in [0, 0.05) is 32.4 Å². The molecule has 1 fully saturated rings. The van der Waals surface area contributed by atoms with Gasteiger partial charge in [-0.2, -0.15) is 13.2 Å². The number of likely N-dealkylation sites (tertiary alicyclic amines) is 1. The topological polar surface area (TPSA) is 40.5 Å². The highest BCUT2D eigenvalue weighted by Gasteiger charge is 2.54. The molecule has 1 aliphatic heterocycles. The van der Waals surface area contributed by atoms with Gasteiger partial charge in [0.15, 0.2) is 5.60 Å². The number of rotatable bonds is 3. The van der Waals surface area contributed by atoms with E-state index >= 15 is 0 Å². The zero-order valence-electron chi connectivity index (χ0n) is 11.9. The Balaban J connectivity index is 1.85. The predicted octanol–water partition coefficient (Wildman–Crippen LogP) is 2.67. The van der Waals surface area contributed by atoms with Gasteiger partial charge < -0.3 is 10.0 Å². The Kier molecular flexibility index (Phi) is 4.75. The molecule has 0 aromatic heterocycles. The minimum atomic E-state index is -4.68. The van der Waals surface area contributed by atoms with E-state index in [-0.39, 0.29) is 25.4 Å². The fourth-order valence-electron chi connectivity index (χ4n) is 2.51. The summed E-state index contributed by atoms with van der Waals surface area (Å²) in [5.74, 6) is -0.674. The van der Waals surface area contributed by atoms with Gasteiger partial charge in [0.25, 0.3) is 0 Å². The molecule has 1 N–H and O–H groups in total. The molecular weight excluding hydrogens is 302 g/mol. The van der Waals surface area contributed by atoms with Gasteiger partial charge in [-0.05, 0) is 24.1 Å². The number of carbonyl (C=O) groups is 1. The molecule has 1 aromatic carbocycles. The van der Waals surface area contributed by atoms with Crippen LogP contribution < -0.4 is 0 Å². The first-order valence-corrected chi connectivity index (χ1v) is 7.03. The average Bonchev–Trinajstić information content (AvgIpc) is 2.44. The number of hydrogen-bond acceptors (Lipinski definition) is 2. The fourth-order valence-corrected chi connectivity index (χ4v) is 2.51. The highest BCUT2D eigenvalue weighted by molar-refractivity contribution is 5.76. The maximum Gasteiger partial charge on any atom is 0.417 e. The van der Waals surface area contributed by atoms with Crippen molar-refractivity contribution in [3.63, 3.8) is 0 Å². The first-order chi connectivity index (χ1) is 10.2. The van der Waals surface area contributed by atoms with Crippen molar-refractivity contribution in [1.29, 1.82) is 0 Å². The number of aryl methyl sites for hydroxylation is 1. The van der Waals surface area contributed by atoms with Crippen molar-refractivity contribution < 1.29 is 27.5 Å². The monoisotopic (exact) mass is 319 g/mol. The van der Waals surface area contributed by atoms with Crippen molar-refractivity contribution >= 4 is 5.91 Å². The molecule has 1 aromatic rings. The number of benzene rings is 1. The van der Waals surface area contributed by atoms with E-state index in [4.69, 9.17) is 0 Å². The van der Waals surface area contributed by atoms with Crippen LogP contribution in [0.3, 0.4) is 0 Å². The van der Waals surface area contributed by atoms with Gasteiger partial charge in [-0.15, -0.1) is 0 Å². The standard InChI is InChI=1S/C15H17F4NO2/c16-12-3-1-2-11(10-12)4-5-13(21)20-8-6-14(22,7-9-20)15(17,18)19/h1-3,10,22H,4-9H2. The highest BCUT2D eigenvalue weighted by Crippen LogP contribution is 2.38. The van der Waals surface area contributed by atoms with Crippen LogP contribution in [0.2, 0.25) is 0 Å². The number of aliphatic hydroxyl groups is 1. The zero-order valence-corrected chi connectivity index (χ0v) is 11.9. The van der Waals surface area contributed by atoms with Gasteiger partial charge in [-0.3, -0.25) is 4.79 Å². The van der Waals surface area contributed by atoms with Crippen LogP contribution in [0.5, 0.6) is 0 Å². The summed E-state index contributed by atoms with van der Waals surface area (Å²) in [7, 11) is 0. The van der Waals surface area contributed by atoms with E-state index in [1.807, 2.05) is 0 Å². The number of carbonyl (C=O) groups excluding carboxylic acids is 1. The molecule has 1 aliphatic rings. The molecule has 0 unspecified atom stereocenters. The summed E-state index contributed by atoms with van der Waals surface area (Å²) in [5, 5.41) is 9.54. The Morgan fingerprint density at radius 2 is 1.91 bits per heavy atom. The third kappa shape index (κ3) is 3.76. The second-order valence-corrected chi connectivity index (χ2v) is 5.54. The van der Waals surface area contributed by atoms with Crippen LogP contribution in [-0.2, 0) is 11.2 Å². The van der Waals surface area contributed by atoms with Gasteiger partial charge >= 0.3 is 6.18 Å². The molecule has 0 saturated carbocycles. The maximum absolute atomic E-state index is 13.0. The fraction of sp³-hybridized carbons (Fsp3) is 0.533. The number of piperidine rings is 1. The van der Waals surface area contributed by atoms with Gasteiger partial charge in [0.05, 0.1) is 0 Å². The van der Waals surface area contributed by atoms with Gasteiger partial charge in [-0.25, -0.2) is 4.39 Å². The third-order valence-corrected chi connectivity index (χ3v) is 3.99. The van der Waals surface area contributed by atoms with Crippen LogP contribution in [0.1, 0.15) is 24.8 Å². The first-order valence-electron chi connectivity index (χ1n) is 7.03. The summed E-state index contributed by atoms with van der Waals surface area (Å²) >= 11 is 0. The lowest BCUT2D eigenvalue weighted by Gasteiger charge is -2.39. The lowest BCUT2D eigenvalue weighted by Crippen LogP contribution is -2.54. The smallest absolute Gasteiger partial charge is 0.380 e. The quantitative estimate of drug-likeness (QED) is 0.870. The normalized spacial score (nSPS) is 18.3.